The van der Waals surface area contributed by atoms with E-state index >= 15 is 0 Å². The van der Waals surface area contributed by atoms with Crippen LogP contribution >= 0.6 is 0 Å². The normalized spacial score (nSPS) is 10.3. The predicted molar refractivity (Wildman–Crippen MR) is 78.8 cm³/mol. The second-order valence-electron chi connectivity index (χ2n) is 4.50. The molecule has 0 unspecified atom stereocenters. The first-order valence-corrected chi connectivity index (χ1v) is 6.36. The molecular formula is C15H17N3O2. The minimum atomic E-state index is -0.221. The van der Waals surface area contributed by atoms with E-state index in [0.717, 1.165) is 5.56 Å². The maximum Gasteiger partial charge on any atom is 0.276 e. The number of rotatable bonds is 3. The Hall–Kier alpha value is -2.56. The van der Waals surface area contributed by atoms with Crippen LogP contribution in [0.2, 0.25) is 0 Å². The number of hydrogen-bond acceptors (Lipinski definition) is 4. The highest BCUT2D eigenvalue weighted by molar-refractivity contribution is 6.05. The van der Waals surface area contributed by atoms with Crippen LogP contribution in [0.4, 0.5) is 11.4 Å². The molecule has 5 heteroatoms. The SMILES string of the molecule is CCN(C(=O)c1ccc(N)cn1)c1cc(O)ccc1C. The summed E-state index contributed by atoms with van der Waals surface area (Å²) >= 11 is 0. The first kappa shape index (κ1) is 13.9. The Morgan fingerprint density at radius 1 is 1.35 bits per heavy atom. The summed E-state index contributed by atoms with van der Waals surface area (Å²) in [5, 5.41) is 9.60. The zero-order valence-electron chi connectivity index (χ0n) is 11.5. The number of amides is 1. The highest BCUT2D eigenvalue weighted by Gasteiger charge is 2.19. The largest absolute Gasteiger partial charge is 0.508 e. The minimum absolute atomic E-state index is 0.127. The van der Waals surface area contributed by atoms with E-state index in [1.54, 1.807) is 35.2 Å². The van der Waals surface area contributed by atoms with Crippen LogP contribution < -0.4 is 10.6 Å². The standard InChI is InChI=1S/C15H17N3O2/c1-3-18(14-8-12(19)6-4-10(14)2)15(20)13-7-5-11(16)9-17-13/h4-9,19H,3,16H2,1-2H3. The lowest BCUT2D eigenvalue weighted by atomic mass is 10.1. The van der Waals surface area contributed by atoms with Gasteiger partial charge in [0.15, 0.2) is 0 Å². The van der Waals surface area contributed by atoms with Crippen LogP contribution in [0.5, 0.6) is 5.75 Å². The third kappa shape index (κ3) is 2.71. The molecule has 0 aliphatic carbocycles. The second-order valence-corrected chi connectivity index (χ2v) is 4.50. The summed E-state index contributed by atoms with van der Waals surface area (Å²) in [4.78, 5) is 18.1. The lowest BCUT2D eigenvalue weighted by Crippen LogP contribution is -2.31. The molecule has 2 rings (SSSR count). The van der Waals surface area contributed by atoms with E-state index in [1.807, 2.05) is 13.8 Å². The van der Waals surface area contributed by atoms with Gasteiger partial charge in [0.25, 0.3) is 5.91 Å². The van der Waals surface area contributed by atoms with Gasteiger partial charge >= 0.3 is 0 Å². The number of phenols is 1. The van der Waals surface area contributed by atoms with Crippen molar-refractivity contribution in [3.63, 3.8) is 0 Å². The molecule has 0 aliphatic rings. The van der Waals surface area contributed by atoms with Crippen molar-refractivity contribution < 1.29 is 9.90 Å². The van der Waals surface area contributed by atoms with Crippen molar-refractivity contribution in [2.75, 3.05) is 17.2 Å². The number of nitrogen functional groups attached to an aromatic ring is 1. The number of hydrogen-bond donors (Lipinski definition) is 2. The van der Waals surface area contributed by atoms with Crippen LogP contribution in [-0.2, 0) is 0 Å². The fourth-order valence-electron chi connectivity index (χ4n) is 1.98. The molecule has 1 aromatic carbocycles. The molecule has 0 fully saturated rings. The summed E-state index contributed by atoms with van der Waals surface area (Å²) in [6.07, 6.45) is 1.45. The molecule has 0 spiro atoms. The minimum Gasteiger partial charge on any atom is -0.508 e. The molecule has 1 amide bonds. The number of nitrogens with zero attached hydrogens (tertiary/aromatic N) is 2. The Morgan fingerprint density at radius 3 is 2.70 bits per heavy atom. The zero-order valence-corrected chi connectivity index (χ0v) is 11.5. The van der Waals surface area contributed by atoms with Gasteiger partial charge in [-0.05, 0) is 37.6 Å². The number of aryl methyl sites for hydroxylation is 1. The number of carbonyl (C=O) groups is 1. The van der Waals surface area contributed by atoms with E-state index in [1.165, 1.54) is 6.20 Å². The van der Waals surface area contributed by atoms with Gasteiger partial charge in [-0.2, -0.15) is 0 Å². The van der Waals surface area contributed by atoms with E-state index in [2.05, 4.69) is 4.98 Å². The Kier molecular flexibility index (Phi) is 3.89. The van der Waals surface area contributed by atoms with Gasteiger partial charge in [0.1, 0.15) is 11.4 Å². The van der Waals surface area contributed by atoms with Crippen LogP contribution in [-0.4, -0.2) is 22.5 Å². The lowest BCUT2D eigenvalue weighted by molar-refractivity contribution is 0.0983. The average molecular weight is 271 g/mol. The fraction of sp³-hybridized carbons (Fsp3) is 0.200. The second kappa shape index (κ2) is 5.61. The number of aromatic hydroxyl groups is 1. The molecule has 104 valence electrons. The zero-order chi connectivity index (χ0) is 14.7. The summed E-state index contributed by atoms with van der Waals surface area (Å²) in [6.45, 7) is 4.25. The molecule has 0 saturated carbocycles. The number of aromatic nitrogens is 1. The molecule has 0 atom stereocenters. The van der Waals surface area contributed by atoms with Crippen molar-refractivity contribution in [3.8, 4) is 5.75 Å². The van der Waals surface area contributed by atoms with Crippen molar-refractivity contribution in [2.45, 2.75) is 13.8 Å². The number of carbonyl (C=O) groups excluding carboxylic acids is 1. The van der Waals surface area contributed by atoms with Crippen molar-refractivity contribution in [3.05, 3.63) is 47.8 Å². The smallest absolute Gasteiger partial charge is 0.276 e. The first-order valence-electron chi connectivity index (χ1n) is 6.36. The van der Waals surface area contributed by atoms with Crippen molar-refractivity contribution in [1.82, 2.24) is 4.98 Å². The van der Waals surface area contributed by atoms with Gasteiger partial charge in [-0.15, -0.1) is 0 Å². The van der Waals surface area contributed by atoms with Crippen molar-refractivity contribution in [1.29, 1.82) is 0 Å². The molecule has 0 bridgehead atoms. The van der Waals surface area contributed by atoms with Crippen LogP contribution in [0.15, 0.2) is 36.5 Å². The number of pyridine rings is 1. The van der Waals surface area contributed by atoms with Crippen LogP contribution in [0.1, 0.15) is 23.0 Å². The maximum absolute atomic E-state index is 12.5. The molecule has 0 radical (unpaired) electrons. The van der Waals surface area contributed by atoms with Crippen LogP contribution in [0.25, 0.3) is 0 Å². The Labute approximate surface area is 117 Å². The molecule has 1 aromatic heterocycles. The topological polar surface area (TPSA) is 79.5 Å². The third-order valence-electron chi connectivity index (χ3n) is 3.05. The van der Waals surface area contributed by atoms with E-state index in [9.17, 15) is 9.90 Å². The Bertz CT molecular complexity index is 624. The summed E-state index contributed by atoms with van der Waals surface area (Å²) in [7, 11) is 0. The lowest BCUT2D eigenvalue weighted by Gasteiger charge is -2.22. The molecule has 3 N–H and O–H groups in total. The van der Waals surface area contributed by atoms with Crippen LogP contribution in [0.3, 0.4) is 0 Å². The predicted octanol–water partition coefficient (Wildman–Crippen LogP) is 2.34. The average Bonchev–Trinajstić information content (AvgIpc) is 2.44. The summed E-state index contributed by atoms with van der Waals surface area (Å²) in [5.41, 5.74) is 7.99. The maximum atomic E-state index is 12.5. The Balaban J connectivity index is 2.39. The monoisotopic (exact) mass is 271 g/mol. The highest BCUT2D eigenvalue weighted by Crippen LogP contribution is 2.26. The van der Waals surface area contributed by atoms with Crippen LogP contribution in [0, 0.1) is 6.92 Å². The van der Waals surface area contributed by atoms with E-state index in [-0.39, 0.29) is 11.7 Å². The van der Waals surface area contributed by atoms with Gasteiger partial charge in [0.05, 0.1) is 17.6 Å². The van der Waals surface area contributed by atoms with Gasteiger partial charge in [0.2, 0.25) is 0 Å². The quantitative estimate of drug-likeness (QED) is 0.898. The first-order chi connectivity index (χ1) is 9.52. The number of phenolic OH excluding ortho intramolecular Hbond substituents is 1. The summed E-state index contributed by atoms with van der Waals surface area (Å²) in [5.74, 6) is -0.0942. The van der Waals surface area contributed by atoms with Gasteiger partial charge in [-0.25, -0.2) is 4.98 Å². The molecular weight excluding hydrogens is 254 g/mol. The highest BCUT2D eigenvalue weighted by atomic mass is 16.3. The van der Waals surface area contributed by atoms with Gasteiger partial charge in [-0.3, -0.25) is 4.79 Å². The fourth-order valence-corrected chi connectivity index (χ4v) is 1.98. The number of nitrogens with two attached hydrogens (primary N) is 1. The number of benzene rings is 1. The van der Waals surface area contributed by atoms with E-state index < -0.39 is 0 Å². The molecule has 1 heterocycles. The third-order valence-corrected chi connectivity index (χ3v) is 3.05. The Morgan fingerprint density at radius 2 is 2.10 bits per heavy atom. The molecule has 5 nitrogen and oxygen atoms in total. The van der Waals surface area contributed by atoms with E-state index in [4.69, 9.17) is 5.73 Å². The summed E-state index contributed by atoms with van der Waals surface area (Å²) < 4.78 is 0. The molecule has 0 aliphatic heterocycles. The van der Waals surface area contributed by atoms with Gasteiger partial charge in [0, 0.05) is 12.6 Å². The van der Waals surface area contributed by atoms with Gasteiger partial charge in [-0.1, -0.05) is 6.07 Å². The molecule has 0 saturated heterocycles. The molecule has 2 aromatic rings. The van der Waals surface area contributed by atoms with Crippen molar-refractivity contribution >= 4 is 17.3 Å². The molecule has 20 heavy (non-hydrogen) atoms. The number of anilines is 2. The van der Waals surface area contributed by atoms with E-state index in [0.29, 0.717) is 23.6 Å². The van der Waals surface area contributed by atoms with Crippen molar-refractivity contribution in [2.24, 2.45) is 0 Å². The van der Waals surface area contributed by atoms with Gasteiger partial charge < -0.3 is 15.7 Å². The summed E-state index contributed by atoms with van der Waals surface area (Å²) in [6, 6.07) is 8.19.